The molecule has 0 radical (unpaired) electrons. The van der Waals surface area contributed by atoms with E-state index in [1.165, 1.54) is 4.90 Å². The number of anilines is 1. The van der Waals surface area contributed by atoms with Crippen LogP contribution in [0.15, 0.2) is 18.5 Å². The molecule has 1 aliphatic heterocycles. The molecule has 2 aliphatic rings. The van der Waals surface area contributed by atoms with Gasteiger partial charge in [-0.05, 0) is 37.3 Å². The summed E-state index contributed by atoms with van der Waals surface area (Å²) in [6.07, 6.45) is 6.04. The van der Waals surface area contributed by atoms with Crippen LogP contribution >= 0.6 is 0 Å². The molecule has 1 saturated heterocycles. The van der Waals surface area contributed by atoms with Gasteiger partial charge in [0.25, 0.3) is 5.91 Å². The van der Waals surface area contributed by atoms with Crippen LogP contribution < -0.4 is 10.6 Å². The highest BCUT2D eigenvalue weighted by molar-refractivity contribution is 6.14. The van der Waals surface area contributed by atoms with Crippen molar-refractivity contribution in [1.29, 1.82) is 0 Å². The van der Waals surface area contributed by atoms with Gasteiger partial charge in [0.2, 0.25) is 0 Å². The third kappa shape index (κ3) is 3.14. The van der Waals surface area contributed by atoms with Crippen LogP contribution in [0.5, 0.6) is 0 Å². The monoisotopic (exact) mass is 371 g/mol. The Morgan fingerprint density at radius 2 is 2.11 bits per heavy atom. The molecule has 2 aromatic heterocycles. The van der Waals surface area contributed by atoms with Gasteiger partial charge in [-0.3, -0.25) is 19.4 Å². The van der Waals surface area contributed by atoms with Crippen LogP contribution in [0.2, 0.25) is 0 Å². The highest BCUT2D eigenvalue weighted by Crippen LogP contribution is 2.42. The molecule has 9 nitrogen and oxygen atoms in total. The van der Waals surface area contributed by atoms with Gasteiger partial charge in [-0.25, -0.2) is 9.78 Å². The predicted molar refractivity (Wildman–Crippen MR) is 96.1 cm³/mol. The van der Waals surface area contributed by atoms with Crippen LogP contribution in [-0.2, 0) is 20.9 Å². The second kappa shape index (κ2) is 6.66. The van der Waals surface area contributed by atoms with Crippen LogP contribution in [0.3, 0.4) is 0 Å². The lowest BCUT2D eigenvalue weighted by Crippen LogP contribution is -2.37. The van der Waals surface area contributed by atoms with Gasteiger partial charge in [0.1, 0.15) is 13.1 Å². The summed E-state index contributed by atoms with van der Waals surface area (Å²) in [5.74, 6) is -0.585. The number of imide groups is 1. The number of carbonyl (C=O) groups is 3. The summed E-state index contributed by atoms with van der Waals surface area (Å²) in [7, 11) is 0. The van der Waals surface area contributed by atoms with Gasteiger partial charge in [0.15, 0.2) is 5.65 Å². The zero-order chi connectivity index (χ0) is 19.1. The van der Waals surface area contributed by atoms with Crippen LogP contribution in [-0.4, -0.2) is 51.9 Å². The van der Waals surface area contributed by atoms with Gasteiger partial charge in [-0.2, -0.15) is 0 Å². The molecule has 2 N–H and O–H groups in total. The van der Waals surface area contributed by atoms with E-state index in [1.807, 2.05) is 22.9 Å². The molecule has 0 bridgehead atoms. The average molecular weight is 371 g/mol. The maximum atomic E-state index is 12.8. The van der Waals surface area contributed by atoms with Crippen molar-refractivity contribution in [3.8, 4) is 0 Å². The number of hydrogen-bond donors (Lipinski definition) is 1. The summed E-state index contributed by atoms with van der Waals surface area (Å²) in [6.45, 7) is 1.63. The topological polar surface area (TPSA) is 110 Å². The predicted octanol–water partition coefficient (Wildman–Crippen LogP) is 1.00. The van der Waals surface area contributed by atoms with Crippen molar-refractivity contribution in [3.63, 3.8) is 0 Å². The molecule has 4 rings (SSSR count). The third-order valence-corrected chi connectivity index (χ3v) is 4.80. The number of imidazole rings is 1. The zero-order valence-corrected chi connectivity index (χ0v) is 15.1. The number of rotatable bonds is 6. The van der Waals surface area contributed by atoms with E-state index in [9.17, 15) is 14.4 Å². The molecule has 0 spiro atoms. The molecule has 1 aliphatic carbocycles. The maximum absolute atomic E-state index is 12.8. The Balaban J connectivity index is 1.71. The number of hydrogen-bond acceptors (Lipinski definition) is 6. The van der Waals surface area contributed by atoms with Gasteiger partial charge in [-0.15, -0.1) is 0 Å². The fraction of sp³-hybridized carbons (Fsp3) is 0.444. The standard InChI is InChI=1S/C18H21N5O4/c1-2-27-16(25)10-23-15(24)9-22(18(23)26)14-5-12(11-3-4-11)7-21-8-13(6-19)20-17(14)21/h5,7-8,11H,2-4,6,9-10,19H2,1H3. The van der Waals surface area contributed by atoms with Gasteiger partial charge < -0.3 is 14.9 Å². The molecule has 0 aromatic carbocycles. The zero-order valence-electron chi connectivity index (χ0n) is 15.1. The number of amides is 3. The number of aromatic nitrogens is 2. The molecule has 3 heterocycles. The van der Waals surface area contributed by atoms with E-state index in [1.54, 1.807) is 6.92 Å². The van der Waals surface area contributed by atoms with E-state index in [2.05, 4.69) is 4.98 Å². The fourth-order valence-corrected chi connectivity index (χ4v) is 3.31. The second-order valence-electron chi connectivity index (χ2n) is 6.75. The quantitative estimate of drug-likeness (QED) is 0.599. The van der Waals surface area contributed by atoms with Crippen molar-refractivity contribution in [3.05, 3.63) is 29.7 Å². The number of fused-ring (bicyclic) bond motifs is 1. The number of nitrogens with two attached hydrogens (primary N) is 1. The Hall–Kier alpha value is -2.94. The molecule has 1 saturated carbocycles. The third-order valence-electron chi connectivity index (χ3n) is 4.80. The van der Waals surface area contributed by atoms with Crippen LogP contribution in [0, 0.1) is 0 Å². The van der Waals surface area contributed by atoms with Gasteiger partial charge in [0, 0.05) is 18.9 Å². The van der Waals surface area contributed by atoms with E-state index in [0.29, 0.717) is 22.9 Å². The summed E-state index contributed by atoms with van der Waals surface area (Å²) < 4.78 is 6.71. The molecule has 2 fully saturated rings. The van der Waals surface area contributed by atoms with E-state index in [0.717, 1.165) is 23.3 Å². The molecule has 2 aromatic rings. The highest BCUT2D eigenvalue weighted by atomic mass is 16.5. The maximum Gasteiger partial charge on any atom is 0.332 e. The summed E-state index contributed by atoms with van der Waals surface area (Å²) in [5, 5.41) is 0. The van der Waals surface area contributed by atoms with Crippen molar-refractivity contribution in [1.82, 2.24) is 14.3 Å². The van der Waals surface area contributed by atoms with Crippen molar-refractivity contribution in [2.24, 2.45) is 5.73 Å². The average Bonchev–Trinajstić information content (AvgIpc) is 3.36. The first-order valence-corrected chi connectivity index (χ1v) is 9.01. The molecule has 0 atom stereocenters. The number of carbonyl (C=O) groups excluding carboxylic acids is 3. The minimum Gasteiger partial charge on any atom is -0.465 e. The second-order valence-corrected chi connectivity index (χ2v) is 6.75. The van der Waals surface area contributed by atoms with Crippen molar-refractivity contribution in [2.75, 3.05) is 24.6 Å². The Morgan fingerprint density at radius 1 is 1.33 bits per heavy atom. The first kappa shape index (κ1) is 17.5. The molecule has 142 valence electrons. The Morgan fingerprint density at radius 3 is 2.78 bits per heavy atom. The molecule has 9 heteroatoms. The van der Waals surface area contributed by atoms with Gasteiger partial charge in [0.05, 0.1) is 18.0 Å². The lowest BCUT2D eigenvalue weighted by molar-refractivity contribution is -0.146. The minimum atomic E-state index is -0.607. The SMILES string of the molecule is CCOC(=O)CN1C(=O)CN(c2cc(C3CC3)cn3cc(CN)nc23)C1=O. The number of urea groups is 1. The molecule has 3 amide bonds. The first-order chi connectivity index (χ1) is 13.0. The van der Waals surface area contributed by atoms with Crippen LogP contribution in [0.1, 0.15) is 36.9 Å². The molecular weight excluding hydrogens is 350 g/mol. The van der Waals surface area contributed by atoms with Crippen molar-refractivity contribution >= 4 is 29.2 Å². The van der Waals surface area contributed by atoms with Crippen LogP contribution in [0.25, 0.3) is 5.65 Å². The van der Waals surface area contributed by atoms with Gasteiger partial charge in [-0.1, -0.05) is 0 Å². The number of esters is 1. The van der Waals surface area contributed by atoms with E-state index in [4.69, 9.17) is 10.5 Å². The summed E-state index contributed by atoms with van der Waals surface area (Å²) >= 11 is 0. The van der Waals surface area contributed by atoms with E-state index < -0.39 is 17.9 Å². The van der Waals surface area contributed by atoms with E-state index in [-0.39, 0.29) is 26.2 Å². The Kier molecular flexibility index (Phi) is 4.31. The number of nitrogens with zero attached hydrogens (tertiary/aromatic N) is 4. The lowest BCUT2D eigenvalue weighted by Gasteiger charge is -2.18. The number of pyridine rings is 1. The molecule has 0 unspecified atom stereocenters. The first-order valence-electron chi connectivity index (χ1n) is 9.01. The summed E-state index contributed by atoms with van der Waals surface area (Å²) in [5.41, 5.74) is 8.64. The molecule has 27 heavy (non-hydrogen) atoms. The van der Waals surface area contributed by atoms with Crippen LogP contribution in [0.4, 0.5) is 10.5 Å². The normalized spacial score (nSPS) is 17.3. The number of ether oxygens (including phenoxy) is 1. The Bertz CT molecular complexity index is 933. The smallest absolute Gasteiger partial charge is 0.332 e. The molecular formula is C18H21N5O4. The van der Waals surface area contributed by atoms with Gasteiger partial charge >= 0.3 is 12.0 Å². The van der Waals surface area contributed by atoms with Crippen molar-refractivity contribution in [2.45, 2.75) is 32.2 Å². The summed E-state index contributed by atoms with van der Waals surface area (Å²) in [4.78, 5) is 43.7. The summed E-state index contributed by atoms with van der Waals surface area (Å²) in [6, 6.07) is 1.37. The largest absolute Gasteiger partial charge is 0.465 e. The lowest BCUT2D eigenvalue weighted by atomic mass is 10.1. The van der Waals surface area contributed by atoms with Crippen molar-refractivity contribution < 1.29 is 19.1 Å². The Labute approximate surface area is 155 Å². The fourth-order valence-electron chi connectivity index (χ4n) is 3.31. The minimum absolute atomic E-state index is 0.132. The van der Waals surface area contributed by atoms with E-state index >= 15 is 0 Å². The highest BCUT2D eigenvalue weighted by Gasteiger charge is 2.40.